The highest BCUT2D eigenvalue weighted by atomic mass is 16.5. The van der Waals surface area contributed by atoms with Gasteiger partial charge in [0.2, 0.25) is 0 Å². The Labute approximate surface area is 163 Å². The first kappa shape index (κ1) is 21.0. The highest BCUT2D eigenvalue weighted by Gasteiger charge is 2.02. The number of aryl methyl sites for hydroxylation is 1. The standard InChI is InChI=1S/C24H32O3/c1-2-3-4-5-6-7-8-9-10-20-11-13-21(14-12-20)22-15-17-23(18-16-22)27-19-24(25)26/h11-18H,2-10,19H2,1H3,(H,25,26). The third-order valence-electron chi connectivity index (χ3n) is 4.82. The van der Waals surface area contributed by atoms with Crippen molar-refractivity contribution in [1.82, 2.24) is 0 Å². The SMILES string of the molecule is CCCCCCCCCCc1ccc(-c2ccc(OCC(=O)O)cc2)cc1. The van der Waals surface area contributed by atoms with Crippen molar-refractivity contribution in [3.63, 3.8) is 0 Å². The zero-order valence-corrected chi connectivity index (χ0v) is 16.5. The topological polar surface area (TPSA) is 46.5 Å². The van der Waals surface area contributed by atoms with E-state index in [1.54, 1.807) is 0 Å². The number of carboxylic acid groups (broad SMARTS) is 1. The summed E-state index contributed by atoms with van der Waals surface area (Å²) in [6, 6.07) is 16.3. The van der Waals surface area contributed by atoms with Crippen LogP contribution < -0.4 is 4.74 Å². The van der Waals surface area contributed by atoms with Gasteiger partial charge in [0, 0.05) is 0 Å². The number of aliphatic carboxylic acids is 1. The van der Waals surface area contributed by atoms with Crippen molar-refractivity contribution < 1.29 is 14.6 Å². The van der Waals surface area contributed by atoms with Gasteiger partial charge in [-0.3, -0.25) is 0 Å². The molecule has 0 saturated heterocycles. The van der Waals surface area contributed by atoms with Crippen LogP contribution in [0.25, 0.3) is 11.1 Å². The average Bonchev–Trinajstić information content (AvgIpc) is 2.69. The Bertz CT molecular complexity index is 659. The summed E-state index contributed by atoms with van der Waals surface area (Å²) in [7, 11) is 0. The fourth-order valence-corrected chi connectivity index (χ4v) is 3.22. The molecule has 0 aliphatic rings. The Morgan fingerprint density at radius 2 is 1.30 bits per heavy atom. The lowest BCUT2D eigenvalue weighted by Crippen LogP contribution is -2.09. The maximum absolute atomic E-state index is 10.5. The summed E-state index contributed by atoms with van der Waals surface area (Å²) < 4.78 is 5.17. The van der Waals surface area contributed by atoms with Gasteiger partial charge < -0.3 is 9.84 Å². The van der Waals surface area contributed by atoms with Crippen LogP contribution in [0.15, 0.2) is 48.5 Å². The third kappa shape index (κ3) is 8.29. The maximum atomic E-state index is 10.5. The number of hydrogen-bond acceptors (Lipinski definition) is 2. The minimum atomic E-state index is -0.967. The number of unbranched alkanes of at least 4 members (excludes halogenated alkanes) is 7. The first-order chi connectivity index (χ1) is 13.2. The number of benzene rings is 2. The summed E-state index contributed by atoms with van der Waals surface area (Å²) in [5, 5.41) is 8.64. The van der Waals surface area contributed by atoms with Gasteiger partial charge in [-0.2, -0.15) is 0 Å². The van der Waals surface area contributed by atoms with Crippen LogP contribution in [0.1, 0.15) is 63.9 Å². The predicted molar refractivity (Wildman–Crippen MR) is 111 cm³/mol. The molecule has 2 aromatic rings. The van der Waals surface area contributed by atoms with E-state index >= 15 is 0 Å². The largest absolute Gasteiger partial charge is 0.482 e. The number of carboxylic acids is 1. The van der Waals surface area contributed by atoms with Crippen molar-refractivity contribution in [2.45, 2.75) is 64.7 Å². The summed E-state index contributed by atoms with van der Waals surface area (Å²) >= 11 is 0. The summed E-state index contributed by atoms with van der Waals surface area (Å²) in [6.45, 7) is 1.95. The number of ether oxygens (including phenoxy) is 1. The molecule has 0 saturated carbocycles. The van der Waals surface area contributed by atoms with Crippen molar-refractivity contribution in [3.8, 4) is 16.9 Å². The fourth-order valence-electron chi connectivity index (χ4n) is 3.22. The van der Waals surface area contributed by atoms with Gasteiger partial charge in [-0.15, -0.1) is 0 Å². The van der Waals surface area contributed by atoms with E-state index in [4.69, 9.17) is 9.84 Å². The molecule has 1 N–H and O–H groups in total. The van der Waals surface area contributed by atoms with Crippen LogP contribution in [0.4, 0.5) is 0 Å². The van der Waals surface area contributed by atoms with Gasteiger partial charge in [-0.1, -0.05) is 88.3 Å². The Kier molecular flexibility index (Phi) is 9.47. The summed E-state index contributed by atoms with van der Waals surface area (Å²) in [5.74, 6) is -0.390. The van der Waals surface area contributed by atoms with E-state index < -0.39 is 5.97 Å². The highest BCUT2D eigenvalue weighted by molar-refractivity contribution is 5.68. The zero-order valence-electron chi connectivity index (χ0n) is 16.5. The summed E-state index contributed by atoms with van der Waals surface area (Å²) in [5.41, 5.74) is 3.67. The summed E-state index contributed by atoms with van der Waals surface area (Å²) in [4.78, 5) is 10.5. The lowest BCUT2D eigenvalue weighted by molar-refractivity contribution is -0.139. The Morgan fingerprint density at radius 3 is 1.85 bits per heavy atom. The molecule has 0 spiro atoms. The third-order valence-corrected chi connectivity index (χ3v) is 4.82. The van der Waals surface area contributed by atoms with Crippen molar-refractivity contribution >= 4 is 5.97 Å². The molecule has 0 aliphatic heterocycles. The van der Waals surface area contributed by atoms with Gasteiger partial charge in [-0.25, -0.2) is 4.79 Å². The second kappa shape index (κ2) is 12.2. The molecule has 2 rings (SSSR count). The predicted octanol–water partition coefficient (Wildman–Crippen LogP) is 6.50. The van der Waals surface area contributed by atoms with E-state index in [-0.39, 0.29) is 6.61 Å². The van der Waals surface area contributed by atoms with Crippen LogP contribution in [-0.4, -0.2) is 17.7 Å². The van der Waals surface area contributed by atoms with E-state index in [0.717, 1.165) is 12.0 Å². The van der Waals surface area contributed by atoms with Crippen LogP contribution in [0, 0.1) is 0 Å². The molecule has 2 aromatic carbocycles. The van der Waals surface area contributed by atoms with E-state index in [0.29, 0.717) is 5.75 Å². The minimum Gasteiger partial charge on any atom is -0.482 e. The number of hydrogen-bond donors (Lipinski definition) is 1. The number of carbonyl (C=O) groups is 1. The van der Waals surface area contributed by atoms with Crippen molar-refractivity contribution in [2.75, 3.05) is 6.61 Å². The second-order valence-corrected chi connectivity index (χ2v) is 7.13. The molecular weight excluding hydrogens is 336 g/mol. The Balaban J connectivity index is 1.72. The van der Waals surface area contributed by atoms with E-state index in [1.807, 2.05) is 24.3 Å². The molecule has 0 fully saturated rings. The first-order valence-electron chi connectivity index (χ1n) is 10.2. The number of rotatable bonds is 13. The quantitative estimate of drug-likeness (QED) is 0.410. The molecule has 0 radical (unpaired) electrons. The molecule has 0 unspecified atom stereocenters. The van der Waals surface area contributed by atoms with Gasteiger partial charge in [0.1, 0.15) is 5.75 Å². The van der Waals surface area contributed by atoms with Gasteiger partial charge >= 0.3 is 5.97 Å². The van der Waals surface area contributed by atoms with E-state index in [9.17, 15) is 4.79 Å². The van der Waals surface area contributed by atoms with Gasteiger partial charge in [-0.05, 0) is 41.7 Å². The van der Waals surface area contributed by atoms with Gasteiger partial charge in [0.05, 0.1) is 0 Å². The molecule has 146 valence electrons. The van der Waals surface area contributed by atoms with Gasteiger partial charge in [0.25, 0.3) is 0 Å². The minimum absolute atomic E-state index is 0.313. The molecule has 27 heavy (non-hydrogen) atoms. The molecule has 0 bridgehead atoms. The molecule has 0 aliphatic carbocycles. The highest BCUT2D eigenvalue weighted by Crippen LogP contribution is 2.23. The van der Waals surface area contributed by atoms with Gasteiger partial charge in [0.15, 0.2) is 6.61 Å². The van der Waals surface area contributed by atoms with Crippen molar-refractivity contribution in [3.05, 3.63) is 54.1 Å². The lowest BCUT2D eigenvalue weighted by atomic mass is 10.0. The lowest BCUT2D eigenvalue weighted by Gasteiger charge is -2.07. The Hall–Kier alpha value is -2.29. The zero-order chi connectivity index (χ0) is 19.3. The second-order valence-electron chi connectivity index (χ2n) is 7.13. The van der Waals surface area contributed by atoms with Crippen LogP contribution >= 0.6 is 0 Å². The molecule has 0 atom stereocenters. The molecule has 0 amide bonds. The summed E-state index contributed by atoms with van der Waals surface area (Å²) in [6.07, 6.45) is 12.0. The maximum Gasteiger partial charge on any atom is 0.341 e. The van der Waals surface area contributed by atoms with Crippen LogP contribution in [0.2, 0.25) is 0 Å². The molecule has 0 heterocycles. The first-order valence-corrected chi connectivity index (χ1v) is 10.2. The van der Waals surface area contributed by atoms with Crippen LogP contribution in [-0.2, 0) is 11.2 Å². The normalized spacial score (nSPS) is 10.7. The van der Waals surface area contributed by atoms with E-state index in [1.165, 1.54) is 62.5 Å². The molecule has 3 nitrogen and oxygen atoms in total. The van der Waals surface area contributed by atoms with Crippen LogP contribution in [0.3, 0.4) is 0 Å². The van der Waals surface area contributed by atoms with E-state index in [2.05, 4.69) is 31.2 Å². The molecular formula is C24H32O3. The van der Waals surface area contributed by atoms with Crippen molar-refractivity contribution in [1.29, 1.82) is 0 Å². The average molecular weight is 369 g/mol. The monoisotopic (exact) mass is 368 g/mol. The Morgan fingerprint density at radius 1 is 0.778 bits per heavy atom. The fraction of sp³-hybridized carbons (Fsp3) is 0.458. The smallest absolute Gasteiger partial charge is 0.341 e. The molecule has 3 heteroatoms. The van der Waals surface area contributed by atoms with Crippen LogP contribution in [0.5, 0.6) is 5.75 Å². The van der Waals surface area contributed by atoms with Crippen molar-refractivity contribution in [2.24, 2.45) is 0 Å². The molecule has 0 aromatic heterocycles.